The van der Waals surface area contributed by atoms with Crippen molar-refractivity contribution in [3.63, 3.8) is 0 Å². The van der Waals surface area contributed by atoms with Gasteiger partial charge < -0.3 is 35.6 Å². The van der Waals surface area contributed by atoms with Gasteiger partial charge in [-0.2, -0.15) is 5.26 Å². The number of carbonyl (C=O) groups excluding carboxylic acids is 4. The number of nitrogens with zero attached hydrogens (tertiary/aromatic N) is 2. The maximum absolute atomic E-state index is 14.4. The lowest BCUT2D eigenvalue weighted by molar-refractivity contribution is -0.132. The Morgan fingerprint density at radius 1 is 1.08 bits per heavy atom. The number of nitriles is 1. The first-order valence-electron chi connectivity index (χ1n) is 15.0. The molecule has 4 amide bonds. The fourth-order valence-electron chi connectivity index (χ4n) is 4.24. The van der Waals surface area contributed by atoms with Gasteiger partial charge in [-0.3, -0.25) is 19.2 Å². The Balaban J connectivity index is 1.81. The predicted molar refractivity (Wildman–Crippen MR) is 173 cm³/mol. The van der Waals surface area contributed by atoms with Crippen LogP contribution in [0.3, 0.4) is 0 Å². The molecule has 13 nitrogen and oxygen atoms in total. The van der Waals surface area contributed by atoms with Gasteiger partial charge in [0.15, 0.2) is 5.69 Å². The van der Waals surface area contributed by atoms with E-state index in [1.54, 1.807) is 58.9 Å². The van der Waals surface area contributed by atoms with Crippen LogP contribution in [0.25, 0.3) is 6.08 Å². The highest BCUT2D eigenvalue weighted by Gasteiger charge is 2.31. The van der Waals surface area contributed by atoms with Gasteiger partial charge in [-0.15, -0.1) is 0 Å². The number of amides is 4. The fourth-order valence-corrected chi connectivity index (χ4v) is 4.24. The summed E-state index contributed by atoms with van der Waals surface area (Å²) in [6, 6.07) is 11.2. The van der Waals surface area contributed by atoms with Crippen LogP contribution in [0.1, 0.15) is 60.6 Å². The molecule has 1 aromatic heterocycles. The third kappa shape index (κ3) is 11.1. The maximum Gasteiger partial charge on any atom is 0.274 e. The number of ether oxygens (including phenoxy) is 1. The zero-order valence-corrected chi connectivity index (χ0v) is 27.5. The Bertz CT molecular complexity index is 1720. The zero-order valence-electron chi connectivity index (χ0n) is 27.5. The van der Waals surface area contributed by atoms with Crippen molar-refractivity contribution in [3.8, 4) is 11.8 Å². The van der Waals surface area contributed by atoms with E-state index in [4.69, 9.17) is 9.26 Å². The Hall–Kier alpha value is -5.55. The molecule has 3 aromatic rings. The van der Waals surface area contributed by atoms with Crippen LogP contribution in [0, 0.1) is 31.0 Å². The van der Waals surface area contributed by atoms with Gasteiger partial charge in [-0.05, 0) is 76.9 Å². The van der Waals surface area contributed by atoms with Gasteiger partial charge in [0.2, 0.25) is 11.8 Å². The molecule has 0 radical (unpaired) electrons. The number of aromatic nitrogens is 1. The SMILES string of the molecule is Cc1ccc(CNC(=O)C(COc2cccc(C=C(C#N)C(=O)NC(C)(C)C)c2)NC(=O)[C@@H](NC(=O)c2cc(C)on2)[C@@H](C)O)c(F)c1. The molecule has 5 N–H and O–H groups in total. The Morgan fingerprint density at radius 3 is 2.42 bits per heavy atom. The summed E-state index contributed by atoms with van der Waals surface area (Å²) in [6.07, 6.45) is -0.0102. The van der Waals surface area contributed by atoms with Crippen LogP contribution >= 0.6 is 0 Å². The van der Waals surface area contributed by atoms with Crippen LogP contribution in [0.15, 0.2) is 58.6 Å². The quantitative estimate of drug-likeness (QED) is 0.135. The van der Waals surface area contributed by atoms with Crippen molar-refractivity contribution in [3.05, 3.63) is 88.1 Å². The number of aryl methyl sites for hydroxylation is 2. The first-order chi connectivity index (χ1) is 22.6. The van der Waals surface area contributed by atoms with Gasteiger partial charge in [0, 0.05) is 23.7 Å². The summed E-state index contributed by atoms with van der Waals surface area (Å²) < 4.78 is 25.2. The van der Waals surface area contributed by atoms with Crippen LogP contribution in [-0.4, -0.2) is 64.2 Å². The number of carbonyl (C=O) groups is 4. The van der Waals surface area contributed by atoms with Gasteiger partial charge >= 0.3 is 0 Å². The number of aliphatic hydroxyl groups excluding tert-OH is 1. The lowest BCUT2D eigenvalue weighted by Crippen LogP contribution is -2.58. The van der Waals surface area contributed by atoms with E-state index in [0.717, 1.165) is 0 Å². The van der Waals surface area contributed by atoms with E-state index in [0.29, 0.717) is 16.9 Å². The minimum Gasteiger partial charge on any atom is -0.491 e. The standard InChI is InChI=1S/C34H39FN6O7/c1-19-10-11-23(26(35)12-19)17-37-31(44)28(38-33(46)29(21(3)42)39-32(45)27-13-20(2)48-41-27)18-47-25-9-7-8-22(15-25)14-24(16-36)30(43)40-34(4,5)6/h7-15,21,28-29,42H,17-18H2,1-6H3,(H,37,44)(H,38,46)(H,39,45)(H,40,43)/t21-,28?,29+/m1/s1. The van der Waals surface area contributed by atoms with Crippen LogP contribution < -0.4 is 26.0 Å². The molecule has 1 heterocycles. The van der Waals surface area contributed by atoms with Gasteiger partial charge in [0.25, 0.3) is 11.8 Å². The number of hydrogen-bond acceptors (Lipinski definition) is 9. The molecule has 14 heteroatoms. The summed E-state index contributed by atoms with van der Waals surface area (Å²) in [7, 11) is 0. The Morgan fingerprint density at radius 2 is 1.81 bits per heavy atom. The first-order valence-corrected chi connectivity index (χ1v) is 15.0. The summed E-state index contributed by atoms with van der Waals surface area (Å²) in [4.78, 5) is 51.8. The first kappa shape index (κ1) is 36.9. The van der Waals surface area contributed by atoms with Gasteiger partial charge in [-0.25, -0.2) is 4.39 Å². The highest BCUT2D eigenvalue weighted by atomic mass is 19.1. The summed E-state index contributed by atoms with van der Waals surface area (Å²) >= 11 is 0. The number of nitrogens with one attached hydrogen (secondary N) is 4. The van der Waals surface area contributed by atoms with Crippen LogP contribution in [0.2, 0.25) is 0 Å². The second-order valence-corrected chi connectivity index (χ2v) is 12.1. The molecule has 3 atom stereocenters. The molecule has 0 aliphatic heterocycles. The number of hydrogen-bond donors (Lipinski definition) is 5. The van der Waals surface area contributed by atoms with Crippen LogP contribution in [0.4, 0.5) is 4.39 Å². The average molecular weight is 663 g/mol. The molecule has 254 valence electrons. The van der Waals surface area contributed by atoms with E-state index in [2.05, 4.69) is 26.4 Å². The molecule has 0 aliphatic carbocycles. The third-order valence-corrected chi connectivity index (χ3v) is 6.65. The van der Waals surface area contributed by atoms with Crippen molar-refractivity contribution >= 4 is 29.7 Å². The number of aliphatic hydroxyl groups is 1. The van der Waals surface area contributed by atoms with E-state index in [1.807, 2.05) is 6.07 Å². The second kappa shape index (κ2) is 16.3. The number of benzene rings is 2. The average Bonchev–Trinajstić information content (AvgIpc) is 3.45. The van der Waals surface area contributed by atoms with Crippen LogP contribution in [0.5, 0.6) is 5.75 Å². The predicted octanol–water partition coefficient (Wildman–Crippen LogP) is 2.61. The van der Waals surface area contributed by atoms with Crippen molar-refractivity contribution in [2.24, 2.45) is 0 Å². The van der Waals surface area contributed by atoms with Gasteiger partial charge in [0.1, 0.15) is 47.7 Å². The number of halogens is 1. The summed E-state index contributed by atoms with van der Waals surface area (Å²) in [5, 5.41) is 33.6. The molecular formula is C34H39FN6O7. The van der Waals surface area contributed by atoms with Crippen molar-refractivity contribution in [2.45, 2.75) is 71.8 Å². The van der Waals surface area contributed by atoms with E-state index in [-0.39, 0.29) is 29.1 Å². The third-order valence-electron chi connectivity index (χ3n) is 6.65. The fraction of sp³-hybridized carbons (Fsp3) is 0.353. The van der Waals surface area contributed by atoms with Crippen LogP contribution in [-0.2, 0) is 20.9 Å². The van der Waals surface area contributed by atoms with Gasteiger partial charge in [0.05, 0.1) is 6.10 Å². The molecule has 0 saturated carbocycles. The molecule has 0 bridgehead atoms. The summed E-state index contributed by atoms with van der Waals surface area (Å²) in [6.45, 7) is 9.30. The van der Waals surface area contributed by atoms with E-state index >= 15 is 0 Å². The Kier molecular flexibility index (Phi) is 12.6. The molecule has 1 unspecified atom stereocenters. The normalized spacial score (nSPS) is 13.4. The minimum atomic E-state index is -1.50. The highest BCUT2D eigenvalue weighted by molar-refractivity contribution is 6.02. The van der Waals surface area contributed by atoms with Crippen molar-refractivity contribution < 1.29 is 37.9 Å². The summed E-state index contributed by atoms with van der Waals surface area (Å²) in [5.41, 5.74) is 0.540. The molecular weight excluding hydrogens is 623 g/mol. The monoisotopic (exact) mass is 662 g/mol. The smallest absolute Gasteiger partial charge is 0.274 e. The zero-order chi connectivity index (χ0) is 35.6. The van der Waals surface area contributed by atoms with E-state index in [1.165, 1.54) is 37.3 Å². The topological polar surface area (TPSA) is 196 Å². The molecule has 0 spiro atoms. The van der Waals surface area contributed by atoms with E-state index in [9.17, 15) is 33.9 Å². The maximum atomic E-state index is 14.4. The summed E-state index contributed by atoms with van der Waals surface area (Å²) in [5.74, 6) is -2.94. The molecule has 48 heavy (non-hydrogen) atoms. The Labute approximate surface area is 277 Å². The highest BCUT2D eigenvalue weighted by Crippen LogP contribution is 2.17. The molecule has 0 fully saturated rings. The molecule has 0 saturated heterocycles. The van der Waals surface area contributed by atoms with Gasteiger partial charge in [-0.1, -0.05) is 29.4 Å². The lowest BCUT2D eigenvalue weighted by Gasteiger charge is -2.24. The largest absolute Gasteiger partial charge is 0.491 e. The second-order valence-electron chi connectivity index (χ2n) is 12.1. The molecule has 2 aromatic carbocycles. The van der Waals surface area contributed by atoms with Crippen molar-refractivity contribution in [1.82, 2.24) is 26.4 Å². The number of rotatable bonds is 13. The van der Waals surface area contributed by atoms with Crippen molar-refractivity contribution in [1.29, 1.82) is 5.26 Å². The van der Waals surface area contributed by atoms with Crippen molar-refractivity contribution in [2.75, 3.05) is 6.61 Å². The lowest BCUT2D eigenvalue weighted by atomic mass is 10.1. The molecule has 3 rings (SSSR count). The van der Waals surface area contributed by atoms with E-state index < -0.39 is 59.8 Å². The minimum absolute atomic E-state index is 0.118. The molecule has 0 aliphatic rings.